The molecule has 0 saturated carbocycles. The van der Waals surface area contributed by atoms with Crippen molar-refractivity contribution in [3.05, 3.63) is 54.0 Å². The number of hydrazine groups is 1. The largest absolute Gasteiger partial charge is 0.493 e. The number of anilines is 1. The third-order valence-electron chi connectivity index (χ3n) is 4.58. The fraction of sp³-hybridized carbons (Fsp3) is 0.364. The highest BCUT2D eigenvalue weighted by Gasteiger charge is 2.35. The fourth-order valence-corrected chi connectivity index (χ4v) is 3.21. The van der Waals surface area contributed by atoms with Crippen molar-refractivity contribution in [2.45, 2.75) is 33.4 Å². The van der Waals surface area contributed by atoms with Crippen molar-refractivity contribution in [3.63, 3.8) is 0 Å². The zero-order chi connectivity index (χ0) is 23.9. The van der Waals surface area contributed by atoms with Crippen LogP contribution in [0.4, 0.5) is 19.0 Å². The number of hydrogen-bond donors (Lipinski definition) is 4. The van der Waals surface area contributed by atoms with Crippen LogP contribution in [0.25, 0.3) is 11.1 Å². The molecule has 2 aromatic rings. The summed E-state index contributed by atoms with van der Waals surface area (Å²) in [6, 6.07) is 6.86. The van der Waals surface area contributed by atoms with E-state index in [0.29, 0.717) is 17.0 Å². The topological polar surface area (TPSA) is 115 Å². The number of amides is 1. The monoisotopic (exact) mass is 451 g/mol. The van der Waals surface area contributed by atoms with Crippen LogP contribution in [0.15, 0.2) is 48.4 Å². The summed E-state index contributed by atoms with van der Waals surface area (Å²) < 4.78 is 46.7. The van der Waals surface area contributed by atoms with Gasteiger partial charge in [-0.05, 0) is 53.6 Å². The summed E-state index contributed by atoms with van der Waals surface area (Å²) in [5, 5.41) is 2.47. The van der Waals surface area contributed by atoms with Gasteiger partial charge in [0.25, 0.3) is 5.91 Å². The van der Waals surface area contributed by atoms with Crippen LogP contribution in [-0.2, 0) is 11.0 Å². The second-order valence-electron chi connectivity index (χ2n) is 7.86. The highest BCUT2D eigenvalue weighted by molar-refractivity contribution is 6.02. The number of nitrogens with one attached hydrogen (secondary N) is 2. The van der Waals surface area contributed by atoms with E-state index in [-0.39, 0.29) is 29.8 Å². The SMILES string of the molecule is CC(C)CC(C)COc1ccc(-c2ccnc(NC(=O)/C(=C/N)NN)c2)cc1C(F)(F)F. The predicted octanol–water partition coefficient (Wildman–Crippen LogP) is 4.03. The minimum Gasteiger partial charge on any atom is -0.493 e. The molecule has 0 saturated heterocycles. The standard InChI is InChI=1S/C22H28F3N5O2/c1-13(2)8-14(3)12-32-19-5-4-15(9-17(19)22(23,24)25)16-6-7-28-20(10-16)29-21(31)18(11-26)30-27/h4-7,9-11,13-14,30H,8,12,26-27H2,1-3H3,(H,28,29,31)/b18-11-. The van der Waals surface area contributed by atoms with E-state index in [1.54, 1.807) is 0 Å². The third kappa shape index (κ3) is 6.88. The van der Waals surface area contributed by atoms with Gasteiger partial charge in [0, 0.05) is 12.4 Å². The van der Waals surface area contributed by atoms with Crippen molar-refractivity contribution in [1.29, 1.82) is 0 Å². The molecular formula is C22H28F3N5O2. The van der Waals surface area contributed by atoms with Crippen molar-refractivity contribution in [1.82, 2.24) is 10.4 Å². The molecular weight excluding hydrogens is 423 g/mol. The van der Waals surface area contributed by atoms with Crippen LogP contribution in [0.5, 0.6) is 5.75 Å². The van der Waals surface area contributed by atoms with Gasteiger partial charge in [-0.2, -0.15) is 13.2 Å². The number of benzene rings is 1. The van der Waals surface area contributed by atoms with Gasteiger partial charge in [-0.1, -0.05) is 26.8 Å². The molecule has 0 aliphatic carbocycles. The number of alkyl halides is 3. The fourth-order valence-electron chi connectivity index (χ4n) is 3.21. The molecule has 0 radical (unpaired) electrons. The smallest absolute Gasteiger partial charge is 0.419 e. The molecule has 6 N–H and O–H groups in total. The van der Waals surface area contributed by atoms with E-state index in [9.17, 15) is 18.0 Å². The lowest BCUT2D eigenvalue weighted by molar-refractivity contribution is -0.139. The van der Waals surface area contributed by atoms with Crippen molar-refractivity contribution in [3.8, 4) is 16.9 Å². The number of rotatable bonds is 9. The number of nitrogens with two attached hydrogens (primary N) is 2. The van der Waals surface area contributed by atoms with Gasteiger partial charge in [0.1, 0.15) is 17.3 Å². The van der Waals surface area contributed by atoms with Gasteiger partial charge in [-0.3, -0.25) is 10.6 Å². The molecule has 1 aromatic carbocycles. The maximum atomic E-state index is 13.7. The minimum absolute atomic E-state index is 0.0928. The van der Waals surface area contributed by atoms with Gasteiger partial charge in [0.15, 0.2) is 0 Å². The Bertz CT molecular complexity index is 961. The number of hydrogen-bond acceptors (Lipinski definition) is 6. The Kier molecular flexibility index (Phi) is 8.48. The van der Waals surface area contributed by atoms with Gasteiger partial charge in [0.2, 0.25) is 0 Å². The maximum Gasteiger partial charge on any atom is 0.419 e. The Morgan fingerprint density at radius 3 is 2.47 bits per heavy atom. The minimum atomic E-state index is -4.59. The van der Waals surface area contributed by atoms with E-state index >= 15 is 0 Å². The number of carbonyl (C=O) groups excluding carboxylic acids is 1. The first kappa shape index (κ1) is 25.0. The highest BCUT2D eigenvalue weighted by atomic mass is 19.4. The predicted molar refractivity (Wildman–Crippen MR) is 117 cm³/mol. The molecule has 0 aliphatic rings. The molecule has 1 aromatic heterocycles. The van der Waals surface area contributed by atoms with Crippen molar-refractivity contribution in [2.24, 2.45) is 23.4 Å². The van der Waals surface area contributed by atoms with Crippen LogP contribution >= 0.6 is 0 Å². The normalized spacial score (nSPS) is 13.1. The lowest BCUT2D eigenvalue weighted by Gasteiger charge is -2.19. The van der Waals surface area contributed by atoms with Crippen LogP contribution in [0.3, 0.4) is 0 Å². The number of aromatic nitrogens is 1. The molecule has 0 aliphatic heterocycles. The number of ether oxygens (including phenoxy) is 1. The molecule has 2 rings (SSSR count). The van der Waals surface area contributed by atoms with Gasteiger partial charge in [-0.25, -0.2) is 4.98 Å². The molecule has 32 heavy (non-hydrogen) atoms. The van der Waals surface area contributed by atoms with E-state index in [4.69, 9.17) is 16.3 Å². The number of carbonyl (C=O) groups is 1. The van der Waals surface area contributed by atoms with Gasteiger partial charge < -0.3 is 21.2 Å². The number of halogens is 3. The van der Waals surface area contributed by atoms with E-state index in [0.717, 1.165) is 18.7 Å². The molecule has 0 fully saturated rings. The molecule has 1 atom stereocenters. The molecule has 1 amide bonds. The zero-order valence-corrected chi connectivity index (χ0v) is 18.2. The Morgan fingerprint density at radius 2 is 1.88 bits per heavy atom. The molecule has 10 heteroatoms. The Balaban J connectivity index is 2.30. The second-order valence-corrected chi connectivity index (χ2v) is 7.86. The average molecular weight is 451 g/mol. The van der Waals surface area contributed by atoms with Crippen LogP contribution < -0.4 is 27.1 Å². The average Bonchev–Trinajstić information content (AvgIpc) is 2.72. The lowest BCUT2D eigenvalue weighted by atomic mass is 9.99. The summed E-state index contributed by atoms with van der Waals surface area (Å²) in [5.41, 5.74) is 7.20. The van der Waals surface area contributed by atoms with E-state index < -0.39 is 17.6 Å². The maximum absolute atomic E-state index is 13.7. The van der Waals surface area contributed by atoms with Crippen LogP contribution in [0.2, 0.25) is 0 Å². The van der Waals surface area contributed by atoms with E-state index in [2.05, 4.69) is 29.6 Å². The number of pyridine rings is 1. The quantitative estimate of drug-likeness (QED) is 0.260. The lowest BCUT2D eigenvalue weighted by Crippen LogP contribution is -2.31. The van der Waals surface area contributed by atoms with Crippen molar-refractivity contribution >= 4 is 11.7 Å². The molecule has 0 bridgehead atoms. The van der Waals surface area contributed by atoms with Gasteiger partial charge in [0.05, 0.1) is 12.2 Å². The van der Waals surface area contributed by atoms with Crippen molar-refractivity contribution in [2.75, 3.05) is 11.9 Å². The Hall–Kier alpha value is -3.27. The van der Waals surface area contributed by atoms with Gasteiger partial charge in [-0.15, -0.1) is 0 Å². The highest BCUT2D eigenvalue weighted by Crippen LogP contribution is 2.39. The van der Waals surface area contributed by atoms with Gasteiger partial charge >= 0.3 is 6.18 Å². The molecule has 0 spiro atoms. The van der Waals surface area contributed by atoms with Crippen LogP contribution in [0, 0.1) is 11.8 Å². The summed E-state index contributed by atoms with van der Waals surface area (Å²) in [6.45, 7) is 6.24. The Morgan fingerprint density at radius 1 is 1.19 bits per heavy atom. The summed E-state index contributed by atoms with van der Waals surface area (Å²) in [7, 11) is 0. The first-order valence-corrected chi connectivity index (χ1v) is 10.1. The Labute approximate surface area is 185 Å². The van der Waals surface area contributed by atoms with E-state index in [1.165, 1.54) is 30.5 Å². The van der Waals surface area contributed by atoms with E-state index in [1.807, 2.05) is 6.92 Å². The molecule has 7 nitrogen and oxygen atoms in total. The zero-order valence-electron chi connectivity index (χ0n) is 18.2. The molecule has 174 valence electrons. The molecule has 1 heterocycles. The third-order valence-corrected chi connectivity index (χ3v) is 4.58. The summed E-state index contributed by atoms with van der Waals surface area (Å²) in [5.74, 6) is 5.01. The first-order valence-electron chi connectivity index (χ1n) is 10.1. The summed E-state index contributed by atoms with van der Waals surface area (Å²) in [4.78, 5) is 16.0. The first-order chi connectivity index (χ1) is 15.0. The summed E-state index contributed by atoms with van der Waals surface area (Å²) >= 11 is 0. The van der Waals surface area contributed by atoms with Crippen molar-refractivity contribution < 1.29 is 22.7 Å². The van der Waals surface area contributed by atoms with Crippen LogP contribution in [0.1, 0.15) is 32.8 Å². The molecule has 1 unspecified atom stereocenters. The number of nitrogens with zero attached hydrogens (tertiary/aromatic N) is 1. The second kappa shape index (κ2) is 10.9. The van der Waals surface area contributed by atoms with Crippen LogP contribution in [-0.4, -0.2) is 17.5 Å². The summed E-state index contributed by atoms with van der Waals surface area (Å²) in [6.07, 6.45) is -1.39.